The van der Waals surface area contributed by atoms with E-state index in [4.69, 9.17) is 4.99 Å². The summed E-state index contributed by atoms with van der Waals surface area (Å²) < 4.78 is 0. The summed E-state index contributed by atoms with van der Waals surface area (Å²) in [6.45, 7) is 8.11. The van der Waals surface area contributed by atoms with Gasteiger partial charge in [-0.3, -0.25) is 14.6 Å². The number of thioether (sulfide) groups is 1. The van der Waals surface area contributed by atoms with Crippen molar-refractivity contribution in [3.63, 3.8) is 0 Å². The first-order valence-electron chi connectivity index (χ1n) is 11.0. The third-order valence-corrected chi connectivity index (χ3v) is 7.21. The Labute approximate surface area is 194 Å². The summed E-state index contributed by atoms with van der Waals surface area (Å²) >= 11 is 1.68. The van der Waals surface area contributed by atoms with Crippen LogP contribution in [0.15, 0.2) is 69.7 Å². The molecule has 1 N–H and O–H groups in total. The summed E-state index contributed by atoms with van der Waals surface area (Å²) in [7, 11) is 0. The molecule has 4 rings (SSSR count). The summed E-state index contributed by atoms with van der Waals surface area (Å²) in [6.07, 6.45) is 3.26. The van der Waals surface area contributed by atoms with Crippen LogP contribution in [0.3, 0.4) is 0 Å². The van der Waals surface area contributed by atoms with E-state index in [2.05, 4.69) is 43.4 Å². The molecule has 0 radical (unpaired) electrons. The fourth-order valence-electron chi connectivity index (χ4n) is 4.88. The van der Waals surface area contributed by atoms with Gasteiger partial charge >= 0.3 is 0 Å². The largest absolute Gasteiger partial charge is 0.325 e. The third-order valence-electron chi connectivity index (χ3n) is 6.46. The van der Waals surface area contributed by atoms with Gasteiger partial charge in [0.2, 0.25) is 5.91 Å². The molecule has 0 spiro atoms. The molecule has 2 aliphatic rings. The zero-order chi connectivity index (χ0) is 23.0. The Bertz CT molecular complexity index is 1130. The van der Waals surface area contributed by atoms with E-state index in [-0.39, 0.29) is 23.0 Å². The lowest BCUT2D eigenvalue weighted by atomic mass is 9.66. The fraction of sp³-hybridized carbons (Fsp3) is 0.370. The molecule has 0 saturated heterocycles. The molecule has 0 aromatic heterocycles. The Morgan fingerprint density at radius 3 is 2.41 bits per heavy atom. The zero-order valence-corrected chi connectivity index (χ0v) is 20.2. The maximum atomic E-state index is 13.6. The van der Waals surface area contributed by atoms with Gasteiger partial charge in [-0.05, 0) is 61.3 Å². The van der Waals surface area contributed by atoms with Crippen LogP contribution in [0.4, 0.5) is 5.69 Å². The number of nitrogens with one attached hydrogen (secondary N) is 1. The second-order valence-electron chi connectivity index (χ2n) is 9.59. The monoisotopic (exact) mass is 446 g/mol. The van der Waals surface area contributed by atoms with Gasteiger partial charge in [-0.25, -0.2) is 0 Å². The van der Waals surface area contributed by atoms with Crippen molar-refractivity contribution in [1.82, 2.24) is 0 Å². The minimum Gasteiger partial charge on any atom is -0.325 e. The summed E-state index contributed by atoms with van der Waals surface area (Å²) in [5.74, 6) is -0.867. The lowest BCUT2D eigenvalue weighted by Crippen LogP contribution is -2.41. The zero-order valence-electron chi connectivity index (χ0n) is 19.4. The van der Waals surface area contributed by atoms with Crippen molar-refractivity contribution in [3.8, 4) is 0 Å². The van der Waals surface area contributed by atoms with Gasteiger partial charge in [-0.2, -0.15) is 0 Å². The van der Waals surface area contributed by atoms with Crippen molar-refractivity contribution in [2.24, 2.45) is 16.3 Å². The van der Waals surface area contributed by atoms with Gasteiger partial charge in [-0.15, -0.1) is 11.8 Å². The Kier molecular flexibility index (Phi) is 6.13. The minimum absolute atomic E-state index is 0.111. The Morgan fingerprint density at radius 1 is 1.06 bits per heavy atom. The molecule has 0 fully saturated rings. The standard InChI is InChI=1S/C27H30N2O2S/c1-16-8-6-7-9-20(16)29-26(31)23-17(2)28-21-14-27(3,4)15-22(30)25(21)24(23)18-10-12-19(32-5)13-11-18/h6-13,23-24H,14-15H2,1-5H3,(H,29,31). The molecular formula is C27H30N2O2S. The van der Waals surface area contributed by atoms with Crippen LogP contribution in [0.1, 0.15) is 50.7 Å². The van der Waals surface area contributed by atoms with E-state index in [1.54, 1.807) is 11.8 Å². The van der Waals surface area contributed by atoms with Gasteiger partial charge in [0, 0.05) is 39.9 Å². The smallest absolute Gasteiger partial charge is 0.234 e. The number of hydrogen-bond acceptors (Lipinski definition) is 4. The van der Waals surface area contributed by atoms with Gasteiger partial charge in [0.25, 0.3) is 0 Å². The first kappa shape index (κ1) is 22.5. The number of benzene rings is 2. The molecular weight excluding hydrogens is 416 g/mol. The van der Waals surface area contributed by atoms with E-state index in [0.717, 1.165) is 45.1 Å². The highest BCUT2D eigenvalue weighted by atomic mass is 32.2. The number of allylic oxidation sites excluding steroid dienone is 2. The van der Waals surface area contributed by atoms with E-state index < -0.39 is 5.92 Å². The number of Topliss-reactive ketones (excluding diaryl/α,β-unsaturated/α-hetero) is 1. The van der Waals surface area contributed by atoms with E-state index in [1.165, 1.54) is 0 Å². The minimum atomic E-state index is -0.529. The summed E-state index contributed by atoms with van der Waals surface area (Å²) in [5.41, 5.74) is 4.99. The normalized spacial score (nSPS) is 22.3. The molecule has 4 nitrogen and oxygen atoms in total. The highest BCUT2D eigenvalue weighted by molar-refractivity contribution is 7.98. The molecule has 1 amide bonds. The van der Waals surface area contributed by atoms with Crippen molar-refractivity contribution in [2.45, 2.75) is 51.3 Å². The molecule has 0 saturated carbocycles. The van der Waals surface area contributed by atoms with Crippen LogP contribution in [0, 0.1) is 18.3 Å². The molecule has 0 bridgehead atoms. The van der Waals surface area contributed by atoms with E-state index in [9.17, 15) is 9.59 Å². The number of anilines is 1. The highest BCUT2D eigenvalue weighted by Gasteiger charge is 2.45. The number of nitrogens with zero attached hydrogens (tertiary/aromatic N) is 1. The SMILES string of the molecule is CSc1ccc(C2C3=C(CC(C)(C)CC3=O)N=C(C)C2C(=O)Nc2ccccc2C)cc1. The van der Waals surface area contributed by atoms with Crippen molar-refractivity contribution >= 4 is 34.9 Å². The second kappa shape index (κ2) is 8.70. The molecule has 1 aliphatic heterocycles. The molecule has 1 aliphatic carbocycles. The maximum Gasteiger partial charge on any atom is 0.234 e. The number of hydrogen-bond donors (Lipinski definition) is 1. The average Bonchev–Trinajstić information content (AvgIpc) is 2.73. The number of amides is 1. The predicted octanol–water partition coefficient (Wildman–Crippen LogP) is 6.17. The molecule has 2 aromatic rings. The Morgan fingerprint density at radius 2 is 1.75 bits per heavy atom. The number of ketones is 1. The van der Waals surface area contributed by atoms with Crippen molar-refractivity contribution in [3.05, 3.63) is 70.9 Å². The lowest BCUT2D eigenvalue weighted by Gasteiger charge is -2.39. The van der Waals surface area contributed by atoms with Crippen molar-refractivity contribution < 1.29 is 9.59 Å². The van der Waals surface area contributed by atoms with Crippen LogP contribution < -0.4 is 5.32 Å². The number of para-hydroxylation sites is 1. The average molecular weight is 447 g/mol. The van der Waals surface area contributed by atoms with Crippen molar-refractivity contribution in [2.75, 3.05) is 11.6 Å². The molecule has 5 heteroatoms. The van der Waals surface area contributed by atoms with E-state index in [1.807, 2.05) is 44.4 Å². The number of rotatable bonds is 4. The maximum absolute atomic E-state index is 13.6. The second-order valence-corrected chi connectivity index (χ2v) is 10.5. The Balaban J connectivity index is 1.80. The van der Waals surface area contributed by atoms with E-state index >= 15 is 0 Å². The first-order chi connectivity index (χ1) is 15.2. The summed E-state index contributed by atoms with van der Waals surface area (Å²) in [6, 6.07) is 16.0. The first-order valence-corrected chi connectivity index (χ1v) is 12.2. The molecule has 166 valence electrons. The van der Waals surface area contributed by atoms with Gasteiger partial charge in [0.1, 0.15) is 0 Å². The number of aryl methyl sites for hydroxylation is 1. The molecule has 2 atom stereocenters. The lowest BCUT2D eigenvalue weighted by molar-refractivity contribution is -0.119. The quantitative estimate of drug-likeness (QED) is 0.571. The van der Waals surface area contributed by atoms with Crippen LogP contribution >= 0.6 is 11.8 Å². The summed E-state index contributed by atoms with van der Waals surface area (Å²) in [5, 5.41) is 3.10. The molecule has 32 heavy (non-hydrogen) atoms. The van der Waals surface area contributed by atoms with Crippen molar-refractivity contribution in [1.29, 1.82) is 0 Å². The molecule has 2 unspecified atom stereocenters. The van der Waals surface area contributed by atoms with Gasteiger partial charge < -0.3 is 5.32 Å². The Hall–Kier alpha value is -2.66. The van der Waals surface area contributed by atoms with Gasteiger partial charge in [0.15, 0.2) is 5.78 Å². The van der Waals surface area contributed by atoms with Crippen LogP contribution in [-0.4, -0.2) is 23.7 Å². The fourth-order valence-corrected chi connectivity index (χ4v) is 5.29. The molecule has 1 heterocycles. The third kappa shape index (κ3) is 4.31. The van der Waals surface area contributed by atoms with Crippen LogP contribution in [0.5, 0.6) is 0 Å². The van der Waals surface area contributed by atoms with Crippen LogP contribution in [0.25, 0.3) is 0 Å². The predicted molar refractivity (Wildman–Crippen MR) is 132 cm³/mol. The van der Waals surface area contributed by atoms with Gasteiger partial charge in [0.05, 0.1) is 5.92 Å². The number of aliphatic imine (C=N–C) groups is 1. The van der Waals surface area contributed by atoms with E-state index in [0.29, 0.717) is 6.42 Å². The summed E-state index contributed by atoms with van der Waals surface area (Å²) in [4.78, 5) is 33.0. The molecule has 2 aromatic carbocycles. The highest BCUT2D eigenvalue weighted by Crippen LogP contribution is 2.48. The number of carbonyl (C=O) groups is 2. The van der Waals surface area contributed by atoms with Gasteiger partial charge in [-0.1, -0.05) is 44.2 Å². The number of carbonyl (C=O) groups excluding carboxylic acids is 2. The topological polar surface area (TPSA) is 58.5 Å². The van der Waals surface area contributed by atoms with Crippen LogP contribution in [-0.2, 0) is 9.59 Å². The van der Waals surface area contributed by atoms with Crippen LogP contribution in [0.2, 0.25) is 0 Å².